The fourth-order valence-electron chi connectivity index (χ4n) is 2.17. The van der Waals surface area contributed by atoms with Gasteiger partial charge >= 0.3 is 0 Å². The Balaban J connectivity index is 2.02. The summed E-state index contributed by atoms with van der Waals surface area (Å²) in [5.74, 6) is -0.114. The molecule has 1 aliphatic rings. The lowest BCUT2D eigenvalue weighted by atomic mass is 9.95. The zero-order valence-corrected chi connectivity index (χ0v) is 10.1. The molecule has 0 aromatic carbocycles. The van der Waals surface area contributed by atoms with Crippen LogP contribution >= 0.6 is 11.6 Å². The normalized spacial score (nSPS) is 17.4. The number of amides is 1. The van der Waals surface area contributed by atoms with Crippen molar-refractivity contribution < 1.29 is 4.79 Å². The molecule has 0 radical (unpaired) electrons. The van der Waals surface area contributed by atoms with Gasteiger partial charge in [0, 0.05) is 13.1 Å². The molecule has 1 aromatic rings. The average Bonchev–Trinajstić information content (AvgIpc) is 2.60. The van der Waals surface area contributed by atoms with E-state index in [1.807, 2.05) is 0 Å². The van der Waals surface area contributed by atoms with E-state index in [-0.39, 0.29) is 5.91 Å². The van der Waals surface area contributed by atoms with E-state index in [1.54, 1.807) is 7.05 Å². The van der Waals surface area contributed by atoms with Crippen LogP contribution in [0.25, 0.3) is 0 Å². The molecule has 88 valence electrons. The van der Waals surface area contributed by atoms with Gasteiger partial charge in [0.05, 0.1) is 11.2 Å². The molecule has 5 heteroatoms. The van der Waals surface area contributed by atoms with Crippen molar-refractivity contribution in [2.75, 3.05) is 0 Å². The van der Waals surface area contributed by atoms with Crippen molar-refractivity contribution in [2.45, 2.75) is 38.1 Å². The van der Waals surface area contributed by atoms with E-state index < -0.39 is 0 Å². The predicted molar refractivity (Wildman–Crippen MR) is 62.6 cm³/mol. The van der Waals surface area contributed by atoms with Crippen LogP contribution in [0.1, 0.15) is 42.6 Å². The Morgan fingerprint density at radius 3 is 2.75 bits per heavy atom. The van der Waals surface area contributed by atoms with Gasteiger partial charge in [-0.15, -0.1) is 0 Å². The van der Waals surface area contributed by atoms with Crippen molar-refractivity contribution in [1.29, 1.82) is 0 Å². The molecular weight excluding hydrogens is 226 g/mol. The largest absolute Gasteiger partial charge is 0.348 e. The molecule has 0 atom stereocenters. The van der Waals surface area contributed by atoms with E-state index in [0.29, 0.717) is 16.8 Å². The Morgan fingerprint density at radius 1 is 1.50 bits per heavy atom. The number of carbonyl (C=O) groups is 1. The number of aryl methyl sites for hydroxylation is 1. The van der Waals surface area contributed by atoms with Crippen LogP contribution in [0.3, 0.4) is 0 Å². The number of hydrogen-bond acceptors (Lipinski definition) is 2. The zero-order chi connectivity index (χ0) is 11.5. The second-order valence-corrected chi connectivity index (χ2v) is 4.68. The summed E-state index contributed by atoms with van der Waals surface area (Å²) in [5, 5.41) is 7.39. The van der Waals surface area contributed by atoms with Gasteiger partial charge in [-0.05, 0) is 12.8 Å². The number of carbonyl (C=O) groups excluding carboxylic acids is 1. The first-order valence-electron chi connectivity index (χ1n) is 5.67. The molecule has 1 aliphatic carbocycles. The van der Waals surface area contributed by atoms with Gasteiger partial charge < -0.3 is 5.32 Å². The lowest BCUT2D eigenvalue weighted by Crippen LogP contribution is -2.37. The number of nitrogens with zero attached hydrogens (tertiary/aromatic N) is 2. The lowest BCUT2D eigenvalue weighted by molar-refractivity contribution is 0.0918. The van der Waals surface area contributed by atoms with Crippen LogP contribution in [0.15, 0.2) is 6.20 Å². The summed E-state index contributed by atoms with van der Waals surface area (Å²) in [6.07, 6.45) is 7.31. The molecule has 0 unspecified atom stereocenters. The molecule has 0 saturated heterocycles. The van der Waals surface area contributed by atoms with Gasteiger partial charge in [0.2, 0.25) is 0 Å². The summed E-state index contributed by atoms with van der Waals surface area (Å²) < 4.78 is 1.51. The highest BCUT2D eigenvalue weighted by Crippen LogP contribution is 2.19. The van der Waals surface area contributed by atoms with Gasteiger partial charge in [-0.2, -0.15) is 5.10 Å². The molecular formula is C11H16ClN3O. The van der Waals surface area contributed by atoms with E-state index in [0.717, 1.165) is 12.8 Å². The summed E-state index contributed by atoms with van der Waals surface area (Å²) in [6, 6.07) is 0.298. The summed E-state index contributed by atoms with van der Waals surface area (Å²) in [7, 11) is 1.72. The van der Waals surface area contributed by atoms with Crippen molar-refractivity contribution in [2.24, 2.45) is 7.05 Å². The Morgan fingerprint density at radius 2 is 2.19 bits per heavy atom. The van der Waals surface area contributed by atoms with Gasteiger partial charge in [0.1, 0.15) is 5.69 Å². The predicted octanol–water partition coefficient (Wildman–Crippen LogP) is 2.14. The standard InChI is InChI=1S/C11H16ClN3O/c1-15-10(9(12)7-13-15)11(16)14-8-5-3-2-4-6-8/h7-8H,2-6H2,1H3,(H,14,16). The number of hydrogen-bond donors (Lipinski definition) is 1. The highest BCUT2D eigenvalue weighted by Gasteiger charge is 2.20. The maximum atomic E-state index is 12.0. The van der Waals surface area contributed by atoms with Gasteiger partial charge in [-0.25, -0.2) is 0 Å². The summed E-state index contributed by atoms with van der Waals surface area (Å²) >= 11 is 5.91. The third-order valence-corrected chi connectivity index (χ3v) is 3.33. The van der Waals surface area contributed by atoms with Crippen molar-refractivity contribution in [3.8, 4) is 0 Å². The van der Waals surface area contributed by atoms with E-state index in [1.165, 1.54) is 30.1 Å². The molecule has 1 amide bonds. The minimum Gasteiger partial charge on any atom is -0.348 e. The number of aromatic nitrogens is 2. The molecule has 0 spiro atoms. The minimum absolute atomic E-state index is 0.114. The van der Waals surface area contributed by atoms with Gasteiger partial charge in [0.25, 0.3) is 5.91 Å². The van der Waals surface area contributed by atoms with Crippen molar-refractivity contribution in [3.63, 3.8) is 0 Å². The second-order valence-electron chi connectivity index (χ2n) is 4.27. The third-order valence-electron chi connectivity index (χ3n) is 3.05. The van der Waals surface area contributed by atoms with Crippen molar-refractivity contribution in [1.82, 2.24) is 15.1 Å². The van der Waals surface area contributed by atoms with Crippen LogP contribution in [0, 0.1) is 0 Å². The molecule has 4 nitrogen and oxygen atoms in total. The monoisotopic (exact) mass is 241 g/mol. The van der Waals surface area contributed by atoms with E-state index in [4.69, 9.17) is 11.6 Å². The number of nitrogens with one attached hydrogen (secondary N) is 1. The molecule has 1 aromatic heterocycles. The summed E-state index contributed by atoms with van der Waals surface area (Å²) in [5.41, 5.74) is 0.451. The van der Waals surface area contributed by atoms with Gasteiger partial charge in [-0.3, -0.25) is 9.48 Å². The van der Waals surface area contributed by atoms with Crippen molar-refractivity contribution in [3.05, 3.63) is 16.9 Å². The zero-order valence-electron chi connectivity index (χ0n) is 9.37. The fourth-order valence-corrected chi connectivity index (χ4v) is 2.42. The minimum atomic E-state index is -0.114. The first-order valence-corrected chi connectivity index (χ1v) is 6.04. The smallest absolute Gasteiger partial charge is 0.271 e. The molecule has 1 N–H and O–H groups in total. The SMILES string of the molecule is Cn1ncc(Cl)c1C(=O)NC1CCCCC1. The highest BCUT2D eigenvalue weighted by molar-refractivity contribution is 6.33. The summed E-state index contributed by atoms with van der Waals surface area (Å²) in [6.45, 7) is 0. The maximum absolute atomic E-state index is 12.0. The van der Waals surface area contributed by atoms with Crippen LogP contribution in [0.2, 0.25) is 5.02 Å². The molecule has 1 fully saturated rings. The van der Waals surface area contributed by atoms with Crippen LogP contribution in [-0.2, 0) is 7.05 Å². The van der Waals surface area contributed by atoms with Crippen LogP contribution in [0.4, 0.5) is 0 Å². The molecule has 0 bridgehead atoms. The Labute approximate surface area is 100.0 Å². The van der Waals surface area contributed by atoms with Crippen LogP contribution < -0.4 is 5.32 Å². The fraction of sp³-hybridized carbons (Fsp3) is 0.636. The van der Waals surface area contributed by atoms with Crippen LogP contribution in [0.5, 0.6) is 0 Å². The number of halogens is 1. The quantitative estimate of drug-likeness (QED) is 0.862. The lowest BCUT2D eigenvalue weighted by Gasteiger charge is -2.22. The van der Waals surface area contributed by atoms with E-state index >= 15 is 0 Å². The van der Waals surface area contributed by atoms with Crippen LogP contribution in [-0.4, -0.2) is 21.7 Å². The summed E-state index contributed by atoms with van der Waals surface area (Å²) in [4.78, 5) is 12.0. The van der Waals surface area contributed by atoms with Gasteiger partial charge in [0.15, 0.2) is 0 Å². The Bertz CT molecular complexity index is 363. The third kappa shape index (κ3) is 2.38. The molecule has 2 rings (SSSR count). The second kappa shape index (κ2) is 4.87. The first kappa shape index (κ1) is 11.5. The molecule has 16 heavy (non-hydrogen) atoms. The molecule has 0 aliphatic heterocycles. The highest BCUT2D eigenvalue weighted by atomic mass is 35.5. The maximum Gasteiger partial charge on any atom is 0.271 e. The Hall–Kier alpha value is -1.03. The topological polar surface area (TPSA) is 46.9 Å². The van der Waals surface area contributed by atoms with E-state index in [2.05, 4.69) is 10.4 Å². The first-order chi connectivity index (χ1) is 7.68. The molecule has 1 heterocycles. The average molecular weight is 242 g/mol. The Kier molecular flexibility index (Phi) is 3.49. The number of rotatable bonds is 2. The van der Waals surface area contributed by atoms with Crippen molar-refractivity contribution >= 4 is 17.5 Å². The van der Waals surface area contributed by atoms with E-state index in [9.17, 15) is 4.79 Å². The van der Waals surface area contributed by atoms with Gasteiger partial charge in [-0.1, -0.05) is 30.9 Å². The molecule has 1 saturated carbocycles.